The van der Waals surface area contributed by atoms with Crippen molar-refractivity contribution >= 4 is 34.2 Å². The van der Waals surface area contributed by atoms with E-state index >= 15 is 0 Å². The minimum Gasteiger partial charge on any atom is -0.481 e. The molecule has 3 rings (SSSR count). The second-order valence-corrected chi connectivity index (χ2v) is 10.2. The molecule has 0 aromatic carbocycles. The topological polar surface area (TPSA) is 92.7 Å². The van der Waals surface area contributed by atoms with E-state index < -0.39 is 23.8 Å². The summed E-state index contributed by atoms with van der Waals surface area (Å²) >= 11 is 1.48. The monoisotopic (exact) mass is 475 g/mol. The fourth-order valence-electron chi connectivity index (χ4n) is 4.89. The Kier molecular flexibility index (Phi) is 9.97. The molecule has 2 unspecified atom stereocenters. The van der Waals surface area contributed by atoms with Gasteiger partial charge in [0.05, 0.1) is 24.0 Å². The molecule has 2 aliphatic carbocycles. The molecule has 2 atom stereocenters. The summed E-state index contributed by atoms with van der Waals surface area (Å²) in [6.45, 7) is 2.05. The van der Waals surface area contributed by atoms with Gasteiger partial charge in [0.2, 0.25) is 5.91 Å². The highest BCUT2D eigenvalue weighted by Crippen LogP contribution is 2.38. The summed E-state index contributed by atoms with van der Waals surface area (Å²) < 4.78 is 5.38. The normalized spacial score (nSPS) is 22.2. The number of esters is 1. The third kappa shape index (κ3) is 6.92. The first-order valence-corrected chi connectivity index (χ1v) is 13.3. The molecular weight excluding hydrogens is 438 g/mol. The van der Waals surface area contributed by atoms with Crippen LogP contribution in [0.15, 0.2) is 12.2 Å². The molecule has 0 aliphatic heterocycles. The number of fused-ring (bicyclic) bond motifs is 1. The summed E-state index contributed by atoms with van der Waals surface area (Å²) in [4.78, 5) is 39.0. The number of hydrogen-bond donors (Lipinski definition) is 2. The molecule has 0 bridgehead atoms. The van der Waals surface area contributed by atoms with Crippen LogP contribution in [-0.2, 0) is 27.2 Å². The Balaban J connectivity index is 1.89. The zero-order chi connectivity index (χ0) is 23.6. The minimum absolute atomic E-state index is 0.269. The second-order valence-electron chi connectivity index (χ2n) is 9.09. The van der Waals surface area contributed by atoms with Gasteiger partial charge in [0.15, 0.2) is 0 Å². The van der Waals surface area contributed by atoms with Gasteiger partial charge in [-0.3, -0.25) is 9.59 Å². The largest absolute Gasteiger partial charge is 0.481 e. The average molecular weight is 476 g/mol. The van der Waals surface area contributed by atoms with Crippen LogP contribution in [0.5, 0.6) is 0 Å². The molecule has 0 radical (unpaired) electrons. The number of carbonyl (C=O) groups is 3. The van der Waals surface area contributed by atoms with E-state index in [2.05, 4.69) is 5.32 Å². The van der Waals surface area contributed by atoms with Crippen LogP contribution in [0.3, 0.4) is 0 Å². The Hall–Kier alpha value is -2.15. The number of carboxylic acid groups (broad SMARTS) is 1. The fourth-order valence-corrected chi connectivity index (χ4v) is 6.17. The van der Waals surface area contributed by atoms with Crippen molar-refractivity contribution in [1.82, 2.24) is 0 Å². The van der Waals surface area contributed by atoms with Gasteiger partial charge in [-0.15, -0.1) is 11.3 Å². The molecule has 1 heterocycles. The van der Waals surface area contributed by atoms with E-state index in [4.69, 9.17) is 4.74 Å². The maximum Gasteiger partial charge on any atom is 0.341 e. The first-order chi connectivity index (χ1) is 16.0. The zero-order valence-electron chi connectivity index (χ0n) is 19.7. The van der Waals surface area contributed by atoms with Crippen LogP contribution in [0.1, 0.15) is 98.4 Å². The van der Waals surface area contributed by atoms with Gasteiger partial charge in [0.1, 0.15) is 5.00 Å². The molecule has 0 saturated heterocycles. The van der Waals surface area contributed by atoms with Gasteiger partial charge in [0, 0.05) is 4.88 Å². The number of allylic oxidation sites excluding steroid dienone is 2. The summed E-state index contributed by atoms with van der Waals surface area (Å²) in [5.41, 5.74) is 1.50. The molecule has 2 N–H and O–H groups in total. The van der Waals surface area contributed by atoms with E-state index in [9.17, 15) is 19.5 Å². The van der Waals surface area contributed by atoms with E-state index in [1.165, 1.54) is 49.9 Å². The van der Waals surface area contributed by atoms with Crippen LogP contribution in [-0.4, -0.2) is 29.6 Å². The molecule has 0 spiro atoms. The van der Waals surface area contributed by atoms with Gasteiger partial charge in [-0.05, 0) is 51.0 Å². The molecule has 182 valence electrons. The Morgan fingerprint density at radius 3 is 2.12 bits per heavy atom. The average Bonchev–Trinajstić information content (AvgIpc) is 3.14. The Bertz CT molecular complexity index is 859. The first kappa shape index (κ1) is 25.5. The molecule has 2 aliphatic rings. The molecule has 1 aromatic rings. The zero-order valence-corrected chi connectivity index (χ0v) is 20.5. The molecule has 7 heteroatoms. The number of rotatable bonds is 5. The van der Waals surface area contributed by atoms with Crippen molar-refractivity contribution in [2.75, 3.05) is 11.9 Å². The number of anilines is 1. The number of hydrogen-bond acceptors (Lipinski definition) is 5. The van der Waals surface area contributed by atoms with E-state index in [1.54, 1.807) is 6.92 Å². The number of thiophene rings is 1. The highest BCUT2D eigenvalue weighted by atomic mass is 32.1. The van der Waals surface area contributed by atoms with Crippen molar-refractivity contribution < 1.29 is 24.2 Å². The number of amides is 1. The summed E-state index contributed by atoms with van der Waals surface area (Å²) in [5.74, 6) is -3.07. The third-order valence-electron chi connectivity index (χ3n) is 6.72. The van der Waals surface area contributed by atoms with Gasteiger partial charge >= 0.3 is 11.9 Å². The predicted molar refractivity (Wildman–Crippen MR) is 131 cm³/mol. The summed E-state index contributed by atoms with van der Waals surface area (Å²) in [6.07, 6.45) is 16.8. The number of aliphatic carboxylic acids is 1. The lowest BCUT2D eigenvalue weighted by Gasteiger charge is -2.24. The van der Waals surface area contributed by atoms with Crippen LogP contribution < -0.4 is 5.32 Å². The first-order valence-electron chi connectivity index (χ1n) is 12.5. The third-order valence-corrected chi connectivity index (χ3v) is 7.93. The van der Waals surface area contributed by atoms with E-state index in [0.717, 1.165) is 42.5 Å². The molecule has 0 saturated carbocycles. The van der Waals surface area contributed by atoms with E-state index in [-0.39, 0.29) is 12.5 Å². The highest BCUT2D eigenvalue weighted by molar-refractivity contribution is 7.17. The summed E-state index contributed by atoms with van der Waals surface area (Å²) in [5, 5.41) is 13.0. The van der Waals surface area contributed by atoms with Crippen LogP contribution in [0.25, 0.3) is 0 Å². The quantitative estimate of drug-likeness (QED) is 0.394. The van der Waals surface area contributed by atoms with Crippen molar-refractivity contribution in [3.8, 4) is 0 Å². The van der Waals surface area contributed by atoms with Gasteiger partial charge < -0.3 is 15.2 Å². The van der Waals surface area contributed by atoms with Crippen molar-refractivity contribution in [2.24, 2.45) is 11.8 Å². The van der Waals surface area contributed by atoms with Crippen molar-refractivity contribution in [1.29, 1.82) is 0 Å². The Labute approximate surface area is 200 Å². The lowest BCUT2D eigenvalue weighted by molar-refractivity contribution is -0.146. The van der Waals surface area contributed by atoms with Crippen LogP contribution in [0.2, 0.25) is 0 Å². The van der Waals surface area contributed by atoms with E-state index in [1.807, 2.05) is 12.2 Å². The number of ether oxygens (including phenoxy) is 1. The van der Waals surface area contributed by atoms with Gasteiger partial charge in [-0.2, -0.15) is 0 Å². The maximum atomic E-state index is 13.1. The van der Waals surface area contributed by atoms with Gasteiger partial charge in [-0.1, -0.05) is 57.1 Å². The van der Waals surface area contributed by atoms with Gasteiger partial charge in [0.25, 0.3) is 0 Å². The molecule has 1 amide bonds. The van der Waals surface area contributed by atoms with Crippen molar-refractivity contribution in [2.45, 2.75) is 90.4 Å². The SMILES string of the molecule is CCOC(=O)c1c(NC(=O)C2CC=CCC2C(=O)O)sc2c1CCCCCCCCCCC2. The molecule has 6 nitrogen and oxygen atoms in total. The molecule has 1 aromatic heterocycles. The molecule has 0 fully saturated rings. The van der Waals surface area contributed by atoms with Crippen LogP contribution in [0.4, 0.5) is 5.00 Å². The fraction of sp³-hybridized carbons (Fsp3) is 0.654. The lowest BCUT2D eigenvalue weighted by Crippen LogP contribution is -2.34. The number of nitrogens with one attached hydrogen (secondary N) is 1. The standard InChI is InChI=1S/C26H37NO5S/c1-2-32-26(31)22-20-16-10-8-6-4-3-5-7-9-11-17-21(20)33-24(22)27-23(28)18-14-12-13-15-19(18)25(29)30/h12-13,18-19H,2-11,14-17H2,1H3,(H,27,28)(H,29,30). The highest BCUT2D eigenvalue weighted by Gasteiger charge is 2.35. The summed E-state index contributed by atoms with van der Waals surface area (Å²) in [7, 11) is 0. The lowest BCUT2D eigenvalue weighted by atomic mass is 9.82. The van der Waals surface area contributed by atoms with Crippen molar-refractivity contribution in [3.63, 3.8) is 0 Å². The Morgan fingerprint density at radius 2 is 1.52 bits per heavy atom. The smallest absolute Gasteiger partial charge is 0.341 e. The predicted octanol–water partition coefficient (Wildman–Crippen LogP) is 6.14. The number of carbonyl (C=O) groups excluding carboxylic acids is 2. The van der Waals surface area contributed by atoms with Crippen molar-refractivity contribution in [3.05, 3.63) is 28.2 Å². The molecular formula is C26H37NO5S. The number of carboxylic acids is 1. The maximum absolute atomic E-state index is 13.1. The Morgan fingerprint density at radius 1 is 0.939 bits per heavy atom. The van der Waals surface area contributed by atoms with E-state index in [0.29, 0.717) is 23.4 Å². The molecule has 33 heavy (non-hydrogen) atoms. The van der Waals surface area contributed by atoms with Crippen LogP contribution in [0, 0.1) is 11.8 Å². The second kappa shape index (κ2) is 12.9. The number of aryl methyl sites for hydroxylation is 1. The van der Waals surface area contributed by atoms with Crippen LogP contribution >= 0.6 is 11.3 Å². The summed E-state index contributed by atoms with van der Waals surface area (Å²) in [6, 6.07) is 0. The van der Waals surface area contributed by atoms with Gasteiger partial charge in [-0.25, -0.2) is 4.79 Å². The minimum atomic E-state index is -0.959.